The molecular formula is C21H24N2O4S. The summed E-state index contributed by atoms with van der Waals surface area (Å²) in [7, 11) is -3.49. The Balaban J connectivity index is 1.61. The van der Waals surface area contributed by atoms with Crippen LogP contribution in [0, 0.1) is 6.92 Å². The minimum atomic E-state index is -3.49. The second-order valence-electron chi connectivity index (χ2n) is 6.93. The Hall–Kier alpha value is -2.67. The predicted molar refractivity (Wildman–Crippen MR) is 109 cm³/mol. The van der Waals surface area contributed by atoms with E-state index < -0.39 is 9.84 Å². The van der Waals surface area contributed by atoms with Gasteiger partial charge in [0.15, 0.2) is 9.84 Å². The summed E-state index contributed by atoms with van der Waals surface area (Å²) < 4.78 is 24.6. The average molecular weight is 401 g/mol. The van der Waals surface area contributed by atoms with Crippen LogP contribution in [0.15, 0.2) is 53.4 Å². The molecule has 2 amide bonds. The molecule has 28 heavy (non-hydrogen) atoms. The highest BCUT2D eigenvalue weighted by atomic mass is 32.2. The molecule has 0 bridgehead atoms. The van der Waals surface area contributed by atoms with E-state index in [0.29, 0.717) is 18.7 Å². The number of amides is 2. The maximum atomic E-state index is 12.3. The summed E-state index contributed by atoms with van der Waals surface area (Å²) in [6, 6.07) is 13.5. The minimum Gasteiger partial charge on any atom is -0.326 e. The van der Waals surface area contributed by atoms with E-state index in [4.69, 9.17) is 0 Å². The molecule has 0 atom stereocenters. The Kier molecular flexibility index (Phi) is 6.14. The molecule has 1 N–H and O–H groups in total. The smallest absolute Gasteiger partial charge is 0.226 e. The second kappa shape index (κ2) is 8.56. The van der Waals surface area contributed by atoms with E-state index >= 15 is 0 Å². The lowest BCUT2D eigenvalue weighted by atomic mass is 10.1. The SMILES string of the molecule is Cc1cc(NC(=O)CCS(=O)(=O)c2ccccc2)ccc1N1CCCCC1=O. The highest BCUT2D eigenvalue weighted by Gasteiger charge is 2.21. The number of piperidine rings is 1. The van der Waals surface area contributed by atoms with Crippen LogP contribution in [0.4, 0.5) is 11.4 Å². The first-order valence-corrected chi connectivity index (χ1v) is 11.0. The number of carbonyl (C=O) groups excluding carboxylic acids is 2. The molecule has 2 aromatic carbocycles. The Bertz CT molecular complexity index is 971. The number of hydrogen-bond acceptors (Lipinski definition) is 4. The maximum Gasteiger partial charge on any atom is 0.226 e. The molecule has 0 aliphatic carbocycles. The van der Waals surface area contributed by atoms with E-state index in [-0.39, 0.29) is 28.9 Å². The van der Waals surface area contributed by atoms with Gasteiger partial charge in [-0.1, -0.05) is 18.2 Å². The van der Waals surface area contributed by atoms with Crippen molar-refractivity contribution in [3.63, 3.8) is 0 Å². The molecule has 148 valence electrons. The van der Waals surface area contributed by atoms with Crippen molar-refractivity contribution in [3.05, 3.63) is 54.1 Å². The average Bonchev–Trinajstić information content (AvgIpc) is 2.68. The first-order valence-electron chi connectivity index (χ1n) is 9.35. The van der Waals surface area contributed by atoms with Crippen molar-refractivity contribution in [2.45, 2.75) is 37.5 Å². The van der Waals surface area contributed by atoms with Gasteiger partial charge in [-0.2, -0.15) is 0 Å². The fraction of sp³-hybridized carbons (Fsp3) is 0.333. The van der Waals surface area contributed by atoms with E-state index in [1.54, 1.807) is 35.2 Å². The predicted octanol–water partition coefficient (Wildman–Crippen LogP) is 3.31. The fourth-order valence-corrected chi connectivity index (χ4v) is 4.55. The molecule has 1 aliphatic heterocycles. The number of nitrogens with one attached hydrogen (secondary N) is 1. The van der Waals surface area contributed by atoms with Gasteiger partial charge in [0.25, 0.3) is 0 Å². The van der Waals surface area contributed by atoms with Crippen LogP contribution in [0.3, 0.4) is 0 Å². The van der Waals surface area contributed by atoms with Crippen molar-refractivity contribution in [2.75, 3.05) is 22.5 Å². The van der Waals surface area contributed by atoms with Crippen molar-refractivity contribution >= 4 is 33.0 Å². The molecule has 2 aromatic rings. The third-order valence-electron chi connectivity index (χ3n) is 4.79. The topological polar surface area (TPSA) is 83.6 Å². The molecule has 0 saturated carbocycles. The Morgan fingerprint density at radius 2 is 1.86 bits per heavy atom. The van der Waals surface area contributed by atoms with Gasteiger partial charge in [-0.25, -0.2) is 8.42 Å². The van der Waals surface area contributed by atoms with Crippen molar-refractivity contribution in [3.8, 4) is 0 Å². The Morgan fingerprint density at radius 3 is 2.54 bits per heavy atom. The zero-order valence-electron chi connectivity index (χ0n) is 15.8. The molecule has 3 rings (SSSR count). The van der Waals surface area contributed by atoms with E-state index in [1.165, 1.54) is 12.1 Å². The lowest BCUT2D eigenvalue weighted by Crippen LogP contribution is -2.35. The summed E-state index contributed by atoms with van der Waals surface area (Å²) in [5.74, 6) is -0.486. The second-order valence-corrected chi connectivity index (χ2v) is 9.04. The summed E-state index contributed by atoms with van der Waals surface area (Å²) in [5, 5.41) is 2.74. The van der Waals surface area contributed by atoms with E-state index in [9.17, 15) is 18.0 Å². The van der Waals surface area contributed by atoms with Crippen molar-refractivity contribution < 1.29 is 18.0 Å². The third-order valence-corrected chi connectivity index (χ3v) is 6.53. The van der Waals surface area contributed by atoms with Crippen LogP contribution < -0.4 is 10.2 Å². The van der Waals surface area contributed by atoms with Gasteiger partial charge >= 0.3 is 0 Å². The van der Waals surface area contributed by atoms with Crippen LogP contribution in [0.5, 0.6) is 0 Å². The van der Waals surface area contributed by atoms with Gasteiger partial charge in [-0.05, 0) is 55.7 Å². The molecule has 0 unspecified atom stereocenters. The molecule has 0 spiro atoms. The molecule has 0 radical (unpaired) electrons. The number of aryl methyl sites for hydroxylation is 1. The van der Waals surface area contributed by atoms with Crippen LogP contribution in [0.25, 0.3) is 0 Å². The van der Waals surface area contributed by atoms with E-state index in [2.05, 4.69) is 5.32 Å². The maximum absolute atomic E-state index is 12.3. The van der Waals surface area contributed by atoms with E-state index in [0.717, 1.165) is 24.1 Å². The minimum absolute atomic E-state index is 0.122. The van der Waals surface area contributed by atoms with Gasteiger partial charge < -0.3 is 10.2 Å². The summed E-state index contributed by atoms with van der Waals surface area (Å²) in [4.78, 5) is 26.3. The standard InChI is InChI=1S/C21H24N2O4S/c1-16-15-17(10-11-19(16)23-13-6-5-9-21(23)25)22-20(24)12-14-28(26,27)18-7-3-2-4-8-18/h2-4,7-8,10-11,15H,5-6,9,12-14H2,1H3,(H,22,24). The first-order chi connectivity index (χ1) is 13.4. The Morgan fingerprint density at radius 1 is 1.11 bits per heavy atom. The third kappa shape index (κ3) is 4.78. The summed E-state index contributed by atoms with van der Waals surface area (Å²) >= 11 is 0. The molecule has 1 aliphatic rings. The lowest BCUT2D eigenvalue weighted by Gasteiger charge is -2.28. The Labute approximate surface area is 165 Å². The molecule has 0 aromatic heterocycles. The molecule has 6 nitrogen and oxygen atoms in total. The molecule has 1 saturated heterocycles. The largest absolute Gasteiger partial charge is 0.326 e. The summed E-state index contributed by atoms with van der Waals surface area (Å²) in [6.45, 7) is 2.61. The number of rotatable bonds is 6. The number of hydrogen-bond donors (Lipinski definition) is 1. The van der Waals surface area contributed by atoms with Crippen molar-refractivity contribution in [1.82, 2.24) is 0 Å². The zero-order chi connectivity index (χ0) is 20.1. The van der Waals surface area contributed by atoms with Crippen LogP contribution in [0.2, 0.25) is 0 Å². The lowest BCUT2D eigenvalue weighted by molar-refractivity contribution is -0.119. The monoisotopic (exact) mass is 400 g/mol. The van der Waals surface area contributed by atoms with Gasteiger partial charge in [0.1, 0.15) is 0 Å². The number of carbonyl (C=O) groups is 2. The normalized spacial score (nSPS) is 14.8. The highest BCUT2D eigenvalue weighted by molar-refractivity contribution is 7.91. The first kappa shape index (κ1) is 20.1. The number of anilines is 2. The van der Waals surface area contributed by atoms with Crippen LogP contribution >= 0.6 is 0 Å². The van der Waals surface area contributed by atoms with Gasteiger partial charge in [-0.3, -0.25) is 9.59 Å². The number of nitrogens with zero attached hydrogens (tertiary/aromatic N) is 1. The van der Waals surface area contributed by atoms with Gasteiger partial charge in [0.05, 0.1) is 10.6 Å². The van der Waals surface area contributed by atoms with Crippen LogP contribution in [-0.2, 0) is 19.4 Å². The number of benzene rings is 2. The van der Waals surface area contributed by atoms with E-state index in [1.807, 2.05) is 13.0 Å². The highest BCUT2D eigenvalue weighted by Crippen LogP contribution is 2.27. The molecule has 7 heteroatoms. The van der Waals surface area contributed by atoms with Gasteiger partial charge in [0, 0.05) is 30.8 Å². The van der Waals surface area contributed by atoms with Crippen molar-refractivity contribution in [1.29, 1.82) is 0 Å². The summed E-state index contributed by atoms with van der Waals surface area (Å²) in [6.07, 6.45) is 2.35. The van der Waals surface area contributed by atoms with Crippen LogP contribution in [0.1, 0.15) is 31.2 Å². The molecule has 1 heterocycles. The van der Waals surface area contributed by atoms with Crippen LogP contribution in [-0.4, -0.2) is 32.5 Å². The van der Waals surface area contributed by atoms with Crippen molar-refractivity contribution in [2.24, 2.45) is 0 Å². The quantitative estimate of drug-likeness (QED) is 0.806. The zero-order valence-corrected chi connectivity index (χ0v) is 16.7. The number of sulfone groups is 1. The fourth-order valence-electron chi connectivity index (χ4n) is 3.29. The van der Waals surface area contributed by atoms with Gasteiger partial charge in [-0.15, -0.1) is 0 Å². The van der Waals surface area contributed by atoms with Gasteiger partial charge in [0.2, 0.25) is 11.8 Å². The molecule has 1 fully saturated rings. The summed E-state index contributed by atoms with van der Waals surface area (Å²) in [5.41, 5.74) is 2.34. The molecular weight excluding hydrogens is 376 g/mol.